The van der Waals surface area contributed by atoms with E-state index in [4.69, 9.17) is 23.1 Å². The van der Waals surface area contributed by atoms with Crippen LogP contribution in [0, 0.1) is 30.6 Å². The number of nitrogens with one attached hydrogen (secondary N) is 2. The molecule has 8 heterocycles. The topological polar surface area (TPSA) is 239 Å². The van der Waals surface area contributed by atoms with E-state index in [1.165, 1.54) is 35.8 Å². The maximum Gasteiger partial charge on any atom is 0.297 e. The highest BCUT2D eigenvalue weighted by Gasteiger charge is 2.52. The number of hydrogen-bond acceptors (Lipinski definition) is 20. The van der Waals surface area contributed by atoms with Crippen molar-refractivity contribution in [3.63, 3.8) is 0 Å². The number of nitrogens with zero attached hydrogens (tertiary/aromatic N) is 6. The molecule has 8 aliphatic rings. The highest BCUT2D eigenvalue weighted by Crippen LogP contribution is 2.42. The van der Waals surface area contributed by atoms with Crippen LogP contribution in [0.1, 0.15) is 122 Å². The summed E-state index contributed by atoms with van der Waals surface area (Å²) in [6, 6.07) is 6.45. The molecule has 9 rings (SSSR count). The van der Waals surface area contributed by atoms with E-state index < -0.39 is 44.1 Å². The number of hydrogen-bond donors (Lipinski definition) is 6. The summed E-state index contributed by atoms with van der Waals surface area (Å²) in [7, 11) is -1.48. The number of rotatable bonds is 15. The molecule has 0 aromatic heterocycles. The zero-order valence-electron chi connectivity index (χ0n) is 54.3. The van der Waals surface area contributed by atoms with Gasteiger partial charge in [0, 0.05) is 148 Å². The fourth-order valence-electron chi connectivity index (χ4n) is 12.5. The van der Waals surface area contributed by atoms with Crippen molar-refractivity contribution in [1.82, 2.24) is 39.0 Å². The Morgan fingerprint density at radius 2 is 0.814 bits per heavy atom. The highest BCUT2D eigenvalue weighted by atomic mass is 32.2. The molecule has 8 aliphatic heterocycles. The first kappa shape index (κ1) is 77.7. The highest BCUT2D eigenvalue weighted by molar-refractivity contribution is 7.88. The fraction of sp³-hybridized carbons (Fsp3) is 0.902. The summed E-state index contributed by atoms with van der Waals surface area (Å²) in [6.07, 6.45) is 2.07. The molecule has 0 spiro atoms. The number of sulfonamides is 1. The van der Waals surface area contributed by atoms with Gasteiger partial charge in [-0.2, -0.15) is 12.7 Å². The van der Waals surface area contributed by atoms with Crippen LogP contribution in [0.15, 0.2) is 29.2 Å². The Labute approximate surface area is 525 Å². The Hall–Kier alpha value is -0.700. The molecule has 18 atom stereocenters. The van der Waals surface area contributed by atoms with Crippen molar-refractivity contribution in [1.29, 1.82) is 0 Å². The van der Waals surface area contributed by atoms with Crippen molar-refractivity contribution in [3.05, 3.63) is 29.8 Å². The Kier molecular flexibility index (Phi) is 31.1. The molecule has 1 aromatic carbocycles. The summed E-state index contributed by atoms with van der Waals surface area (Å²) in [5, 5.41) is 47.8. The Balaban J connectivity index is 0.000000236. The predicted molar refractivity (Wildman–Crippen MR) is 350 cm³/mol. The van der Waals surface area contributed by atoms with Gasteiger partial charge in [-0.05, 0) is 72.4 Å². The van der Waals surface area contributed by atoms with Crippen molar-refractivity contribution >= 4 is 38.9 Å². The molecule has 8 fully saturated rings. The lowest BCUT2D eigenvalue weighted by Gasteiger charge is -2.35. The van der Waals surface area contributed by atoms with Crippen LogP contribution in [0.3, 0.4) is 0 Å². The maximum atomic E-state index is 12.2. The molecule has 25 heteroatoms. The van der Waals surface area contributed by atoms with E-state index in [-0.39, 0.29) is 89.9 Å². The standard InChI is InChI=1S/C16H24O5S.C14H28N2O4S.C13H27N2O2P.C13H26N2O2.C4H11N2P.CH4/c1-5-16(4)12(3)15(17)14(21-16)10-20-22(18,19)13-8-6-11(2)7-9-13;1-5-14(3)11(2)13(17)12(20-14)10-15-6-8-16(9-7-15)21(4,18)19;1-4-13(3)10(2)12(16)11(17-13)9-14-5-7-15(18)8-6-14;1-4-13(3)10(2)12(16)11(17-13)9-15-7-5-14-6-8-15;7-6-3-1-5-2-4-6;/h6-9,12,14-15,17H,5,10H2,1-4H3;11-13,17H,5-10H2,1-4H3;10-12,16H,4-9,18H2,1-3H3;10-12,14,16H,4-9H2,1-3H3;5H,1-4,7H2;1H4. The van der Waals surface area contributed by atoms with Gasteiger partial charge in [-0.25, -0.2) is 8.42 Å². The van der Waals surface area contributed by atoms with Gasteiger partial charge in [0.15, 0.2) is 0 Å². The first-order valence-electron chi connectivity index (χ1n) is 31.7. The number of piperazine rings is 4. The number of aliphatic hydroxyl groups is 4. The van der Waals surface area contributed by atoms with Crippen LogP contribution in [-0.2, 0) is 43.3 Å². The van der Waals surface area contributed by atoms with Gasteiger partial charge in [0.05, 0.1) is 82.9 Å². The lowest BCUT2D eigenvalue weighted by atomic mass is 9.86. The summed E-state index contributed by atoms with van der Waals surface area (Å²) in [4.78, 5) is 7.09. The van der Waals surface area contributed by atoms with Gasteiger partial charge >= 0.3 is 0 Å². The number of ether oxygens (including phenoxy) is 4. The molecular formula is C61H120N8O13P2S2. The first-order valence-corrected chi connectivity index (χ1v) is 36.0. The quantitative estimate of drug-likeness (QED) is 0.107. The van der Waals surface area contributed by atoms with E-state index in [2.05, 4.69) is 109 Å². The second kappa shape index (κ2) is 34.5. The zero-order valence-corrected chi connectivity index (χ0v) is 58.3. The zero-order chi connectivity index (χ0) is 63.3. The van der Waals surface area contributed by atoms with Crippen molar-refractivity contribution < 1.29 is 60.4 Å². The normalized spacial score (nSPS) is 37.9. The van der Waals surface area contributed by atoms with Crippen LogP contribution in [0.2, 0.25) is 0 Å². The molecule has 8 saturated heterocycles. The van der Waals surface area contributed by atoms with Gasteiger partial charge < -0.3 is 50.0 Å². The van der Waals surface area contributed by atoms with Crippen LogP contribution in [0.25, 0.3) is 0 Å². The average molecular weight is 1300 g/mol. The van der Waals surface area contributed by atoms with Crippen LogP contribution in [0.5, 0.6) is 0 Å². The number of aliphatic hydroxyl groups excluding tert-OH is 4. The summed E-state index contributed by atoms with van der Waals surface area (Å²) in [6.45, 7) is 44.3. The third kappa shape index (κ3) is 21.2. The van der Waals surface area contributed by atoms with E-state index >= 15 is 0 Å². The van der Waals surface area contributed by atoms with Crippen molar-refractivity contribution in [2.75, 3.05) is 137 Å². The molecule has 21 nitrogen and oxygen atoms in total. The van der Waals surface area contributed by atoms with Gasteiger partial charge in [0.2, 0.25) is 10.0 Å². The molecule has 6 N–H and O–H groups in total. The molecule has 0 amide bonds. The smallest absolute Gasteiger partial charge is 0.297 e. The lowest BCUT2D eigenvalue weighted by Crippen LogP contribution is -2.51. The van der Waals surface area contributed by atoms with Gasteiger partial charge in [-0.1, -0.05) is 99.3 Å². The minimum atomic E-state index is -3.84. The Morgan fingerprint density at radius 3 is 1.13 bits per heavy atom. The second-order valence-corrected chi connectivity index (χ2v) is 31.2. The summed E-state index contributed by atoms with van der Waals surface area (Å²) < 4.78 is 82.6. The molecule has 0 bridgehead atoms. The monoisotopic (exact) mass is 1300 g/mol. The van der Waals surface area contributed by atoms with Gasteiger partial charge in [0.25, 0.3) is 10.1 Å². The van der Waals surface area contributed by atoms with Gasteiger partial charge in [-0.3, -0.25) is 28.2 Å². The van der Waals surface area contributed by atoms with E-state index in [1.54, 1.807) is 12.1 Å². The molecule has 0 aliphatic carbocycles. The number of aryl methyl sites for hydroxylation is 1. The second-order valence-electron chi connectivity index (χ2n) is 26.1. The van der Waals surface area contributed by atoms with Crippen LogP contribution in [0.4, 0.5) is 0 Å². The van der Waals surface area contributed by atoms with Gasteiger partial charge in [-0.15, -0.1) is 0 Å². The Bertz CT molecular complexity index is 2360. The van der Waals surface area contributed by atoms with Crippen molar-refractivity contribution in [2.24, 2.45) is 23.7 Å². The molecule has 86 heavy (non-hydrogen) atoms. The van der Waals surface area contributed by atoms with E-state index in [0.29, 0.717) is 32.7 Å². The molecule has 504 valence electrons. The molecular weight excluding hydrogens is 1180 g/mol. The number of benzene rings is 1. The summed E-state index contributed by atoms with van der Waals surface area (Å²) in [5.74, 6) is 0.480. The maximum absolute atomic E-state index is 12.2. The van der Waals surface area contributed by atoms with Crippen molar-refractivity contribution in [2.45, 2.75) is 199 Å². The van der Waals surface area contributed by atoms with E-state index in [0.717, 1.165) is 110 Å². The van der Waals surface area contributed by atoms with Gasteiger partial charge in [0.1, 0.15) is 6.10 Å². The fourth-order valence-corrected chi connectivity index (χ4v) is 14.7. The first-order chi connectivity index (χ1) is 39.8. The summed E-state index contributed by atoms with van der Waals surface area (Å²) >= 11 is 0. The molecule has 1 aromatic rings. The predicted octanol–water partition coefficient (Wildman–Crippen LogP) is 4.13. The third-order valence-corrected chi connectivity index (χ3v) is 24.1. The minimum Gasteiger partial charge on any atom is -0.390 e. The van der Waals surface area contributed by atoms with Crippen LogP contribution < -0.4 is 10.6 Å². The van der Waals surface area contributed by atoms with Crippen LogP contribution >= 0.6 is 18.8 Å². The lowest BCUT2D eigenvalue weighted by molar-refractivity contribution is -0.0647. The molecule has 18 unspecified atom stereocenters. The summed E-state index contributed by atoms with van der Waals surface area (Å²) in [5.41, 5.74) is -0.0642. The molecule has 0 saturated carbocycles. The van der Waals surface area contributed by atoms with E-state index in [1.807, 2.05) is 34.6 Å². The van der Waals surface area contributed by atoms with E-state index in [9.17, 15) is 37.3 Å². The molecule has 0 radical (unpaired) electrons. The SMILES string of the molecule is C.CCC1(C)OC(CN2CCN(P)CC2)C(O)C1C.CCC1(C)OC(CN2CCN(S(C)(=O)=O)CC2)C(O)C1C.CCC1(C)OC(CN2CCNCC2)C(O)C1C.CCC1(C)OC(COS(=O)(=O)c2ccc(C)cc2)C(O)C1C.PN1CCNCC1. The Morgan fingerprint density at radius 1 is 0.512 bits per heavy atom. The minimum absolute atomic E-state index is 0. The average Bonchev–Trinajstić information content (AvgIpc) is 2.37. The third-order valence-electron chi connectivity index (χ3n) is 20.5. The van der Waals surface area contributed by atoms with Crippen molar-refractivity contribution in [3.8, 4) is 0 Å². The largest absolute Gasteiger partial charge is 0.390 e. The van der Waals surface area contributed by atoms with Crippen LogP contribution in [-0.4, -0.2) is 274 Å².